The molecule has 10 aromatic carbocycles. The van der Waals surface area contributed by atoms with Gasteiger partial charge in [-0.15, -0.1) is 0 Å². The summed E-state index contributed by atoms with van der Waals surface area (Å²) in [4.78, 5) is 15.7. The molecular weight excluding hydrogens is 869 g/mol. The Labute approximate surface area is 409 Å². The zero-order valence-corrected chi connectivity index (χ0v) is 39.0. The maximum absolute atomic E-state index is 6.57. The van der Waals surface area contributed by atoms with Gasteiger partial charge >= 0.3 is 0 Å². The third-order valence-electron chi connectivity index (χ3n) is 13.5. The Bertz CT molecular complexity index is 4260. The highest BCUT2D eigenvalue weighted by molar-refractivity contribution is 6.16. The number of rotatable bonds is 7. The molecule has 0 saturated carbocycles. The first-order valence-corrected chi connectivity index (χ1v) is 24.2. The van der Waals surface area contributed by atoms with Gasteiger partial charge in [-0.1, -0.05) is 208 Å². The van der Waals surface area contributed by atoms with Crippen molar-refractivity contribution in [2.75, 3.05) is 0 Å². The second-order valence-electron chi connectivity index (χ2n) is 17.5. The van der Waals surface area contributed by atoms with E-state index in [1.807, 2.05) is 98.8 Å². The van der Waals surface area contributed by atoms with E-state index in [0.29, 0.717) is 17.6 Å². The third-order valence-corrected chi connectivity index (χ3v) is 13.5. The van der Waals surface area contributed by atoms with Crippen molar-refractivity contribution in [3.8, 4) is 73.2 Å². The molecule has 4 aromatic heterocycles. The zero-order chi connectivity index (χ0) is 47.4. The van der Waals surface area contributed by atoms with Gasteiger partial charge in [0.05, 0.1) is 11.0 Å². The number of furan rings is 2. The Kier molecular flexibility index (Phi) is 10.2. The van der Waals surface area contributed by atoms with Gasteiger partial charge in [0.1, 0.15) is 22.3 Å². The van der Waals surface area contributed by atoms with Gasteiger partial charge in [0, 0.05) is 60.1 Å². The van der Waals surface area contributed by atoms with Crippen molar-refractivity contribution >= 4 is 65.7 Å². The molecule has 0 aliphatic rings. The van der Waals surface area contributed by atoms with Gasteiger partial charge < -0.3 is 8.83 Å². The van der Waals surface area contributed by atoms with E-state index in [4.69, 9.17) is 23.8 Å². The number of aromatic nitrogens is 4. The van der Waals surface area contributed by atoms with Crippen LogP contribution in [0.5, 0.6) is 0 Å². The normalized spacial score (nSPS) is 11.5. The van der Waals surface area contributed by atoms with E-state index in [9.17, 15) is 0 Å². The van der Waals surface area contributed by atoms with Crippen molar-refractivity contribution < 1.29 is 8.83 Å². The first kappa shape index (κ1) is 41.8. The number of hydrogen-bond donors (Lipinski definition) is 0. The molecule has 14 rings (SSSR count). The van der Waals surface area contributed by atoms with Gasteiger partial charge in [0.25, 0.3) is 0 Å². The Morgan fingerprint density at radius 3 is 1.30 bits per heavy atom. The monoisotopic (exact) mass is 912 g/mol. The predicted molar refractivity (Wildman–Crippen MR) is 293 cm³/mol. The third kappa shape index (κ3) is 7.07. The number of fused-ring (bicyclic) bond motifs is 9. The van der Waals surface area contributed by atoms with E-state index in [1.165, 1.54) is 0 Å². The molecule has 0 aliphatic heterocycles. The maximum atomic E-state index is 6.57. The number of para-hydroxylation sites is 5. The molecule has 6 nitrogen and oxygen atoms in total. The van der Waals surface area contributed by atoms with Crippen LogP contribution in [-0.2, 0) is 0 Å². The van der Waals surface area contributed by atoms with Gasteiger partial charge in [-0.25, -0.2) is 4.98 Å². The fraction of sp³-hybridized carbons (Fsp3) is 0.0308. The lowest BCUT2D eigenvalue weighted by molar-refractivity contribution is 0.669. The van der Waals surface area contributed by atoms with Gasteiger partial charge in [0.2, 0.25) is 5.95 Å². The average molecular weight is 913 g/mol. The summed E-state index contributed by atoms with van der Waals surface area (Å²) in [5.74, 6) is 1.73. The molecule has 0 spiro atoms. The van der Waals surface area contributed by atoms with Crippen LogP contribution < -0.4 is 0 Å². The highest BCUT2D eigenvalue weighted by Gasteiger charge is 2.23. The van der Waals surface area contributed by atoms with Crippen molar-refractivity contribution in [2.45, 2.75) is 13.8 Å². The summed E-state index contributed by atoms with van der Waals surface area (Å²) < 4.78 is 15.3. The van der Waals surface area contributed by atoms with Crippen molar-refractivity contribution in [3.63, 3.8) is 0 Å². The molecule has 0 radical (unpaired) electrons. The van der Waals surface area contributed by atoms with Gasteiger partial charge in [-0.05, 0) is 64.2 Å². The average Bonchev–Trinajstić information content (AvgIpc) is 4.14. The summed E-state index contributed by atoms with van der Waals surface area (Å²) >= 11 is 0. The van der Waals surface area contributed by atoms with Crippen LogP contribution in [0.15, 0.2) is 239 Å². The van der Waals surface area contributed by atoms with Gasteiger partial charge in [-0.2, -0.15) is 9.97 Å². The second kappa shape index (κ2) is 17.3. The van der Waals surface area contributed by atoms with E-state index in [2.05, 4.69) is 150 Å². The Balaban J connectivity index is 0.00000243. The highest BCUT2D eigenvalue weighted by atomic mass is 16.3. The molecule has 0 amide bonds. The molecule has 14 aromatic rings. The summed E-state index contributed by atoms with van der Waals surface area (Å²) in [6, 6.07) is 80.5. The van der Waals surface area contributed by atoms with E-state index in [0.717, 1.165) is 121 Å². The molecule has 0 saturated heterocycles. The summed E-state index contributed by atoms with van der Waals surface area (Å²) in [6.07, 6.45) is 0. The fourth-order valence-electron chi connectivity index (χ4n) is 10.3. The van der Waals surface area contributed by atoms with Crippen molar-refractivity contribution in [2.24, 2.45) is 0 Å². The minimum absolute atomic E-state index is 0.533. The van der Waals surface area contributed by atoms with E-state index in [1.54, 1.807) is 0 Å². The molecule has 0 fully saturated rings. The summed E-state index contributed by atoms with van der Waals surface area (Å²) in [6.45, 7) is 4.00. The Morgan fingerprint density at radius 2 is 0.732 bits per heavy atom. The lowest BCUT2D eigenvalue weighted by atomic mass is 9.95. The van der Waals surface area contributed by atoms with Crippen LogP contribution in [0.1, 0.15) is 13.8 Å². The Hall–Kier alpha value is -9.39. The van der Waals surface area contributed by atoms with Crippen molar-refractivity contribution in [1.29, 1.82) is 0 Å². The molecular formula is C65H44N4O2. The van der Waals surface area contributed by atoms with E-state index < -0.39 is 0 Å². The van der Waals surface area contributed by atoms with E-state index in [-0.39, 0.29) is 0 Å². The van der Waals surface area contributed by atoms with Gasteiger partial charge in [0.15, 0.2) is 11.6 Å². The fourth-order valence-corrected chi connectivity index (χ4v) is 10.3. The largest absolute Gasteiger partial charge is 0.455 e. The van der Waals surface area contributed by atoms with Crippen LogP contribution in [-0.4, -0.2) is 19.5 Å². The number of benzene rings is 10. The molecule has 0 N–H and O–H groups in total. The minimum Gasteiger partial charge on any atom is -0.455 e. The standard InChI is InChI=1S/C63H38N4O2.C2H6/c1-3-16-39(17-4-1)61-64-62(40-18-5-2-6-19-40)66-63(65-61)67-55-35-34-45(48-28-15-31-53-50-25-8-10-33-57(50)69-60(48)53)38-54(55)51-29-13-26-46(58(51)67)43-22-11-20-41(36-43)42-21-12-23-44(37-42)47-27-14-30-52-49-24-7-9-32-56(49)68-59(47)52;1-2/h1-38H;1-2H3. The molecule has 6 heteroatoms. The molecule has 71 heavy (non-hydrogen) atoms. The molecule has 336 valence electrons. The first-order valence-electron chi connectivity index (χ1n) is 24.2. The molecule has 0 bridgehead atoms. The topological polar surface area (TPSA) is 69.9 Å². The number of nitrogens with zero attached hydrogens (tertiary/aromatic N) is 4. The van der Waals surface area contributed by atoms with Crippen LogP contribution in [0.4, 0.5) is 0 Å². The SMILES string of the molecule is CC.c1ccc(-c2nc(-c3ccccc3)nc(-n3c4ccc(-c5cccc6c5oc5ccccc56)cc4c4cccc(-c5cccc(-c6cccc(-c7cccc8c7oc7ccccc78)c6)c5)c43)n2)cc1. The molecule has 0 aliphatic carbocycles. The summed E-state index contributed by atoms with van der Waals surface area (Å²) in [7, 11) is 0. The quantitative estimate of drug-likeness (QED) is 0.159. The lowest BCUT2D eigenvalue weighted by Crippen LogP contribution is -2.07. The minimum atomic E-state index is 0.533. The predicted octanol–water partition coefficient (Wildman–Crippen LogP) is 17.8. The van der Waals surface area contributed by atoms with Crippen LogP contribution in [0.3, 0.4) is 0 Å². The molecule has 4 heterocycles. The van der Waals surface area contributed by atoms with Crippen LogP contribution in [0, 0.1) is 0 Å². The summed E-state index contributed by atoms with van der Waals surface area (Å²) in [5.41, 5.74) is 15.9. The highest BCUT2D eigenvalue weighted by Crippen LogP contribution is 2.43. The second-order valence-corrected chi connectivity index (χ2v) is 17.5. The van der Waals surface area contributed by atoms with Crippen LogP contribution >= 0.6 is 0 Å². The maximum Gasteiger partial charge on any atom is 0.238 e. The number of hydrogen-bond acceptors (Lipinski definition) is 5. The molecule has 0 atom stereocenters. The van der Waals surface area contributed by atoms with Gasteiger partial charge in [-0.3, -0.25) is 4.57 Å². The lowest BCUT2D eigenvalue weighted by Gasteiger charge is -2.14. The Morgan fingerprint density at radius 1 is 0.310 bits per heavy atom. The van der Waals surface area contributed by atoms with Crippen molar-refractivity contribution in [3.05, 3.63) is 231 Å². The first-order chi connectivity index (χ1) is 35.2. The van der Waals surface area contributed by atoms with Crippen molar-refractivity contribution in [1.82, 2.24) is 19.5 Å². The van der Waals surface area contributed by atoms with Crippen LogP contribution in [0.2, 0.25) is 0 Å². The zero-order valence-electron chi connectivity index (χ0n) is 39.0. The molecule has 0 unspecified atom stereocenters. The van der Waals surface area contributed by atoms with E-state index >= 15 is 0 Å². The smallest absolute Gasteiger partial charge is 0.238 e. The van der Waals surface area contributed by atoms with Crippen LogP contribution in [0.25, 0.3) is 139 Å². The summed E-state index contributed by atoms with van der Waals surface area (Å²) in [5, 5.41) is 6.58.